The van der Waals surface area contributed by atoms with E-state index in [1.54, 1.807) is 18.5 Å². The lowest BCUT2D eigenvalue weighted by atomic mass is 9.84. The molecular formula is C19H25N5O3. The molecule has 4 rings (SSSR count). The number of amides is 2. The molecule has 0 saturated carbocycles. The molecule has 144 valence electrons. The molecule has 0 spiro atoms. The zero-order valence-electron chi connectivity index (χ0n) is 15.2. The van der Waals surface area contributed by atoms with E-state index in [4.69, 9.17) is 5.11 Å². The van der Waals surface area contributed by atoms with Gasteiger partial charge in [-0.3, -0.25) is 14.5 Å². The average Bonchev–Trinajstić information content (AvgIpc) is 3.29. The Morgan fingerprint density at radius 3 is 3.11 bits per heavy atom. The van der Waals surface area contributed by atoms with Crippen LogP contribution < -0.4 is 10.6 Å². The summed E-state index contributed by atoms with van der Waals surface area (Å²) in [6, 6.07) is 5.31. The summed E-state index contributed by atoms with van der Waals surface area (Å²) in [7, 11) is 0. The van der Waals surface area contributed by atoms with Crippen LogP contribution in [0.5, 0.6) is 0 Å². The third-order valence-electron chi connectivity index (χ3n) is 5.74. The molecule has 2 atom stereocenters. The van der Waals surface area contributed by atoms with E-state index < -0.39 is 5.54 Å². The van der Waals surface area contributed by atoms with E-state index in [1.165, 1.54) is 0 Å². The summed E-state index contributed by atoms with van der Waals surface area (Å²) in [5.74, 6) is -0.172. The number of aromatic nitrogens is 2. The SMILES string of the molecule is O=C(N[C@@H]1CN2CCCC[C@@]2(C(=O)NCCO)C1)c1ccc2nc[nH]c2c1. The van der Waals surface area contributed by atoms with Crippen molar-refractivity contribution in [3.05, 3.63) is 30.1 Å². The van der Waals surface area contributed by atoms with Gasteiger partial charge in [0.1, 0.15) is 5.54 Å². The molecule has 2 saturated heterocycles. The first kappa shape index (κ1) is 17.9. The normalized spacial score (nSPS) is 25.3. The van der Waals surface area contributed by atoms with Crippen molar-refractivity contribution in [2.75, 3.05) is 26.2 Å². The number of nitrogens with zero attached hydrogens (tertiary/aromatic N) is 2. The molecule has 0 aliphatic carbocycles. The van der Waals surface area contributed by atoms with E-state index in [9.17, 15) is 9.59 Å². The highest BCUT2D eigenvalue weighted by atomic mass is 16.3. The molecule has 27 heavy (non-hydrogen) atoms. The predicted octanol–water partition coefficient (Wildman–Crippen LogP) is 0.398. The van der Waals surface area contributed by atoms with Gasteiger partial charge in [0.15, 0.2) is 0 Å². The molecule has 2 fully saturated rings. The maximum absolute atomic E-state index is 12.8. The zero-order chi connectivity index (χ0) is 18.9. The molecule has 8 heteroatoms. The van der Waals surface area contributed by atoms with Gasteiger partial charge in [0, 0.05) is 24.7 Å². The Bertz CT molecular complexity index is 851. The van der Waals surface area contributed by atoms with Gasteiger partial charge in [0.05, 0.1) is 24.0 Å². The number of aromatic amines is 1. The Labute approximate surface area is 157 Å². The molecule has 8 nitrogen and oxygen atoms in total. The van der Waals surface area contributed by atoms with E-state index in [0.717, 1.165) is 36.8 Å². The second-order valence-corrected chi connectivity index (χ2v) is 7.42. The molecule has 2 aromatic rings. The van der Waals surface area contributed by atoms with Gasteiger partial charge >= 0.3 is 0 Å². The van der Waals surface area contributed by atoms with Crippen LogP contribution >= 0.6 is 0 Å². The van der Waals surface area contributed by atoms with Crippen LogP contribution in [0.2, 0.25) is 0 Å². The van der Waals surface area contributed by atoms with E-state index >= 15 is 0 Å². The number of hydrogen-bond acceptors (Lipinski definition) is 5. The van der Waals surface area contributed by atoms with Gasteiger partial charge in [-0.05, 0) is 50.4 Å². The monoisotopic (exact) mass is 371 g/mol. The van der Waals surface area contributed by atoms with E-state index in [2.05, 4.69) is 25.5 Å². The number of H-pyrrole nitrogens is 1. The summed E-state index contributed by atoms with van der Waals surface area (Å²) < 4.78 is 0. The minimum atomic E-state index is -0.571. The maximum Gasteiger partial charge on any atom is 0.251 e. The summed E-state index contributed by atoms with van der Waals surface area (Å²) in [5.41, 5.74) is 1.66. The van der Waals surface area contributed by atoms with Crippen LogP contribution in [0.4, 0.5) is 0 Å². The van der Waals surface area contributed by atoms with Crippen LogP contribution in [-0.4, -0.2) is 69.6 Å². The second-order valence-electron chi connectivity index (χ2n) is 7.42. The van der Waals surface area contributed by atoms with Crippen LogP contribution in [0.25, 0.3) is 11.0 Å². The lowest BCUT2D eigenvalue weighted by molar-refractivity contribution is -0.134. The van der Waals surface area contributed by atoms with Gasteiger partial charge in [-0.15, -0.1) is 0 Å². The number of rotatable bonds is 5. The maximum atomic E-state index is 12.8. The number of piperidine rings is 1. The Morgan fingerprint density at radius 1 is 1.37 bits per heavy atom. The van der Waals surface area contributed by atoms with Crippen LogP contribution in [0.15, 0.2) is 24.5 Å². The zero-order valence-corrected chi connectivity index (χ0v) is 15.2. The Hall–Kier alpha value is -2.45. The number of benzene rings is 1. The highest BCUT2D eigenvalue weighted by Crippen LogP contribution is 2.38. The fourth-order valence-electron chi connectivity index (χ4n) is 4.45. The fraction of sp³-hybridized carbons (Fsp3) is 0.526. The molecule has 0 bridgehead atoms. The number of aliphatic hydroxyl groups excluding tert-OH is 1. The number of aliphatic hydroxyl groups is 1. The summed E-state index contributed by atoms with van der Waals surface area (Å²) in [4.78, 5) is 34.9. The number of nitrogens with one attached hydrogen (secondary N) is 3. The standard InChI is InChI=1S/C19H25N5O3/c25-8-6-20-18(27)19-5-1-2-7-24(19)11-14(10-19)23-17(26)13-3-4-15-16(9-13)22-12-21-15/h3-4,9,12,14,25H,1-2,5-8,10-11H2,(H,20,27)(H,21,22)(H,23,26)/t14-,19-/m0/s1. The van der Waals surface area contributed by atoms with Crippen LogP contribution in [-0.2, 0) is 4.79 Å². The topological polar surface area (TPSA) is 110 Å². The molecule has 2 aliphatic heterocycles. The molecule has 1 aromatic heterocycles. The van der Waals surface area contributed by atoms with Crippen molar-refractivity contribution in [1.29, 1.82) is 0 Å². The van der Waals surface area contributed by atoms with Crippen molar-refractivity contribution in [1.82, 2.24) is 25.5 Å². The van der Waals surface area contributed by atoms with E-state index in [1.807, 2.05) is 6.07 Å². The lowest BCUT2D eigenvalue weighted by Crippen LogP contribution is -2.57. The average molecular weight is 371 g/mol. The highest BCUT2D eigenvalue weighted by Gasteiger charge is 2.52. The Kier molecular flexibility index (Phi) is 4.84. The first-order valence-corrected chi connectivity index (χ1v) is 9.50. The molecule has 2 aliphatic rings. The number of carbonyl (C=O) groups excluding carboxylic acids is 2. The van der Waals surface area contributed by atoms with Crippen molar-refractivity contribution in [3.63, 3.8) is 0 Å². The van der Waals surface area contributed by atoms with Crippen molar-refractivity contribution in [2.45, 2.75) is 37.3 Å². The molecule has 0 unspecified atom stereocenters. The Morgan fingerprint density at radius 2 is 2.26 bits per heavy atom. The molecule has 2 amide bonds. The highest BCUT2D eigenvalue weighted by molar-refractivity contribution is 5.97. The second kappa shape index (κ2) is 7.28. The predicted molar refractivity (Wildman–Crippen MR) is 100 cm³/mol. The minimum Gasteiger partial charge on any atom is -0.395 e. The van der Waals surface area contributed by atoms with Crippen LogP contribution in [0.3, 0.4) is 0 Å². The van der Waals surface area contributed by atoms with Gasteiger partial charge in [-0.25, -0.2) is 4.98 Å². The number of carbonyl (C=O) groups is 2. The van der Waals surface area contributed by atoms with Crippen molar-refractivity contribution in [2.24, 2.45) is 0 Å². The van der Waals surface area contributed by atoms with E-state index in [0.29, 0.717) is 18.5 Å². The molecular weight excluding hydrogens is 346 g/mol. The van der Waals surface area contributed by atoms with Gasteiger partial charge in [0.25, 0.3) is 5.91 Å². The third kappa shape index (κ3) is 3.30. The number of hydrogen-bond donors (Lipinski definition) is 4. The molecule has 4 N–H and O–H groups in total. The first-order chi connectivity index (χ1) is 13.1. The molecule has 3 heterocycles. The van der Waals surface area contributed by atoms with Crippen LogP contribution in [0.1, 0.15) is 36.0 Å². The summed E-state index contributed by atoms with van der Waals surface area (Å²) in [6.45, 7) is 1.72. The van der Waals surface area contributed by atoms with Crippen molar-refractivity contribution >= 4 is 22.8 Å². The largest absolute Gasteiger partial charge is 0.395 e. The molecule has 0 radical (unpaired) electrons. The summed E-state index contributed by atoms with van der Waals surface area (Å²) in [5, 5.41) is 14.9. The summed E-state index contributed by atoms with van der Waals surface area (Å²) in [6.07, 6.45) is 5.06. The number of fused-ring (bicyclic) bond motifs is 2. The fourth-order valence-corrected chi connectivity index (χ4v) is 4.45. The smallest absolute Gasteiger partial charge is 0.251 e. The lowest BCUT2D eigenvalue weighted by Gasteiger charge is -2.40. The van der Waals surface area contributed by atoms with Gasteiger partial charge < -0.3 is 20.7 Å². The van der Waals surface area contributed by atoms with Crippen molar-refractivity contribution < 1.29 is 14.7 Å². The van der Waals surface area contributed by atoms with Gasteiger partial charge in [0.2, 0.25) is 5.91 Å². The number of imidazole rings is 1. The molecule has 1 aromatic carbocycles. The third-order valence-corrected chi connectivity index (χ3v) is 5.74. The first-order valence-electron chi connectivity index (χ1n) is 9.50. The van der Waals surface area contributed by atoms with Gasteiger partial charge in [-0.2, -0.15) is 0 Å². The van der Waals surface area contributed by atoms with Crippen molar-refractivity contribution in [3.8, 4) is 0 Å². The minimum absolute atomic E-state index is 0.0353. The Balaban J connectivity index is 1.48. The summed E-state index contributed by atoms with van der Waals surface area (Å²) >= 11 is 0. The van der Waals surface area contributed by atoms with E-state index in [-0.39, 0.29) is 31.0 Å². The quantitative estimate of drug-likeness (QED) is 0.608. The van der Waals surface area contributed by atoms with Gasteiger partial charge in [-0.1, -0.05) is 0 Å². The van der Waals surface area contributed by atoms with Crippen LogP contribution in [0, 0.1) is 0 Å².